The third-order valence-corrected chi connectivity index (χ3v) is 3.95. The van der Waals surface area contributed by atoms with Gasteiger partial charge in [-0.15, -0.1) is 0 Å². The van der Waals surface area contributed by atoms with Gasteiger partial charge in [-0.25, -0.2) is 0 Å². The minimum Gasteiger partial charge on any atom is -0.379 e. The first-order chi connectivity index (χ1) is 9.22. The smallest absolute Gasteiger partial charge is 0.0594 e. The molecule has 0 saturated carbocycles. The maximum atomic E-state index is 5.39. The molecule has 3 nitrogen and oxygen atoms in total. The normalized spacial score (nSPS) is 20.4. The molecule has 19 heavy (non-hydrogen) atoms. The van der Waals surface area contributed by atoms with Crippen LogP contribution in [0.4, 0.5) is 0 Å². The van der Waals surface area contributed by atoms with Gasteiger partial charge in [0.25, 0.3) is 0 Å². The van der Waals surface area contributed by atoms with Gasteiger partial charge in [0.1, 0.15) is 0 Å². The highest BCUT2D eigenvalue weighted by atomic mass is 16.5. The number of unbranched alkanes of at least 4 members (excludes halogenated alkanes) is 4. The lowest BCUT2D eigenvalue weighted by molar-refractivity contribution is 0.0339. The predicted octanol–water partition coefficient (Wildman–Crippen LogP) is 3.05. The number of ether oxygens (including phenoxy) is 1. The van der Waals surface area contributed by atoms with Crippen molar-refractivity contribution in [3.05, 3.63) is 0 Å². The summed E-state index contributed by atoms with van der Waals surface area (Å²) in [4.78, 5) is 2.51. The van der Waals surface area contributed by atoms with Crippen LogP contribution in [-0.2, 0) is 4.74 Å². The van der Waals surface area contributed by atoms with Crippen LogP contribution in [0.3, 0.4) is 0 Å². The fraction of sp³-hybridized carbons (Fsp3) is 1.00. The van der Waals surface area contributed by atoms with Crippen molar-refractivity contribution >= 4 is 0 Å². The van der Waals surface area contributed by atoms with Gasteiger partial charge in [-0.05, 0) is 20.3 Å². The van der Waals surface area contributed by atoms with Gasteiger partial charge in [0, 0.05) is 31.7 Å². The van der Waals surface area contributed by atoms with Crippen LogP contribution in [0.2, 0.25) is 0 Å². The summed E-state index contributed by atoms with van der Waals surface area (Å²) in [5.41, 5.74) is 0. The molecule has 1 aliphatic rings. The van der Waals surface area contributed by atoms with E-state index in [0.717, 1.165) is 32.8 Å². The van der Waals surface area contributed by atoms with Crippen LogP contribution in [0.5, 0.6) is 0 Å². The zero-order chi connectivity index (χ0) is 13.9. The SMILES string of the molecule is CCCCCCCC(C)NC(C)CN1CCOCC1. The van der Waals surface area contributed by atoms with Crippen LogP contribution in [0.25, 0.3) is 0 Å². The Bertz CT molecular complexity index is 205. The van der Waals surface area contributed by atoms with Gasteiger partial charge in [0.2, 0.25) is 0 Å². The van der Waals surface area contributed by atoms with E-state index in [2.05, 4.69) is 31.0 Å². The Morgan fingerprint density at radius 1 is 1.00 bits per heavy atom. The molecule has 0 aliphatic carbocycles. The highest BCUT2D eigenvalue weighted by Crippen LogP contribution is 2.08. The lowest BCUT2D eigenvalue weighted by Gasteiger charge is -2.30. The summed E-state index contributed by atoms with van der Waals surface area (Å²) in [6.45, 7) is 12.1. The van der Waals surface area contributed by atoms with Gasteiger partial charge in [0.15, 0.2) is 0 Å². The van der Waals surface area contributed by atoms with E-state index in [1.807, 2.05) is 0 Å². The third-order valence-electron chi connectivity index (χ3n) is 3.95. The molecule has 1 heterocycles. The number of rotatable bonds is 10. The van der Waals surface area contributed by atoms with Crippen molar-refractivity contribution in [2.45, 2.75) is 71.4 Å². The molecule has 0 aromatic carbocycles. The van der Waals surface area contributed by atoms with E-state index in [-0.39, 0.29) is 0 Å². The molecular formula is C16H34N2O. The third kappa shape index (κ3) is 8.61. The molecule has 0 aromatic rings. The Morgan fingerprint density at radius 3 is 2.37 bits per heavy atom. The number of morpholine rings is 1. The van der Waals surface area contributed by atoms with Crippen LogP contribution in [0.1, 0.15) is 59.3 Å². The first kappa shape index (κ1) is 16.9. The minimum atomic E-state index is 0.587. The Labute approximate surface area is 120 Å². The maximum Gasteiger partial charge on any atom is 0.0594 e. The molecule has 0 radical (unpaired) electrons. The molecule has 2 unspecified atom stereocenters. The van der Waals surface area contributed by atoms with Crippen LogP contribution in [0, 0.1) is 0 Å². The molecule has 1 fully saturated rings. The van der Waals surface area contributed by atoms with Crippen molar-refractivity contribution in [1.82, 2.24) is 10.2 Å². The van der Waals surface area contributed by atoms with Crippen molar-refractivity contribution in [1.29, 1.82) is 0 Å². The Balaban J connectivity index is 2.01. The lowest BCUT2D eigenvalue weighted by Crippen LogP contribution is -2.46. The molecule has 1 N–H and O–H groups in total. The highest BCUT2D eigenvalue weighted by Gasteiger charge is 2.14. The van der Waals surface area contributed by atoms with Crippen molar-refractivity contribution < 1.29 is 4.74 Å². The fourth-order valence-electron chi connectivity index (χ4n) is 2.85. The minimum absolute atomic E-state index is 0.587. The first-order valence-electron chi connectivity index (χ1n) is 8.28. The van der Waals surface area contributed by atoms with Crippen molar-refractivity contribution in [3.8, 4) is 0 Å². The molecule has 0 spiro atoms. The summed E-state index contributed by atoms with van der Waals surface area (Å²) in [7, 11) is 0. The van der Waals surface area contributed by atoms with Gasteiger partial charge in [-0.2, -0.15) is 0 Å². The zero-order valence-electron chi connectivity index (χ0n) is 13.3. The quantitative estimate of drug-likeness (QED) is 0.618. The molecule has 0 amide bonds. The topological polar surface area (TPSA) is 24.5 Å². The van der Waals surface area contributed by atoms with E-state index in [1.165, 1.54) is 38.5 Å². The molecule has 1 aliphatic heterocycles. The number of nitrogens with one attached hydrogen (secondary N) is 1. The molecule has 3 heteroatoms. The Kier molecular flexibility index (Phi) is 9.48. The van der Waals surface area contributed by atoms with E-state index < -0.39 is 0 Å². The molecule has 0 bridgehead atoms. The van der Waals surface area contributed by atoms with Crippen LogP contribution in [-0.4, -0.2) is 49.8 Å². The second kappa shape index (κ2) is 10.6. The summed E-state index contributed by atoms with van der Waals surface area (Å²) < 4.78 is 5.39. The van der Waals surface area contributed by atoms with Crippen molar-refractivity contribution in [3.63, 3.8) is 0 Å². The molecule has 1 rings (SSSR count). The van der Waals surface area contributed by atoms with Crippen LogP contribution >= 0.6 is 0 Å². The van der Waals surface area contributed by atoms with Gasteiger partial charge in [0.05, 0.1) is 13.2 Å². The summed E-state index contributed by atoms with van der Waals surface area (Å²) in [6, 6.07) is 1.24. The molecular weight excluding hydrogens is 236 g/mol. The van der Waals surface area contributed by atoms with Gasteiger partial charge in [-0.1, -0.05) is 39.0 Å². The molecule has 1 saturated heterocycles. The Hall–Kier alpha value is -0.120. The van der Waals surface area contributed by atoms with Crippen LogP contribution < -0.4 is 5.32 Å². The van der Waals surface area contributed by atoms with E-state index in [0.29, 0.717) is 12.1 Å². The van der Waals surface area contributed by atoms with Crippen molar-refractivity contribution in [2.75, 3.05) is 32.8 Å². The summed E-state index contributed by atoms with van der Waals surface area (Å²) in [6.07, 6.45) is 8.24. The fourth-order valence-corrected chi connectivity index (χ4v) is 2.85. The monoisotopic (exact) mass is 270 g/mol. The second-order valence-corrected chi connectivity index (χ2v) is 6.08. The van der Waals surface area contributed by atoms with E-state index in [1.54, 1.807) is 0 Å². The molecule has 2 atom stereocenters. The second-order valence-electron chi connectivity index (χ2n) is 6.08. The lowest BCUT2D eigenvalue weighted by atomic mass is 10.1. The van der Waals surface area contributed by atoms with Gasteiger partial charge >= 0.3 is 0 Å². The number of hydrogen-bond acceptors (Lipinski definition) is 3. The van der Waals surface area contributed by atoms with Crippen molar-refractivity contribution in [2.24, 2.45) is 0 Å². The van der Waals surface area contributed by atoms with Gasteiger partial charge in [-0.3, -0.25) is 4.90 Å². The average molecular weight is 270 g/mol. The molecule has 0 aromatic heterocycles. The average Bonchev–Trinajstić information content (AvgIpc) is 2.39. The highest BCUT2D eigenvalue weighted by molar-refractivity contribution is 4.73. The van der Waals surface area contributed by atoms with Gasteiger partial charge < -0.3 is 10.1 Å². The maximum absolute atomic E-state index is 5.39. The zero-order valence-corrected chi connectivity index (χ0v) is 13.3. The van der Waals surface area contributed by atoms with Crippen LogP contribution in [0.15, 0.2) is 0 Å². The van der Waals surface area contributed by atoms with E-state index in [9.17, 15) is 0 Å². The summed E-state index contributed by atoms with van der Waals surface area (Å²) >= 11 is 0. The standard InChI is InChI=1S/C16H34N2O/c1-4-5-6-7-8-9-15(2)17-16(3)14-18-10-12-19-13-11-18/h15-17H,4-14H2,1-3H3. The summed E-state index contributed by atoms with van der Waals surface area (Å²) in [5.74, 6) is 0. The number of nitrogens with zero attached hydrogens (tertiary/aromatic N) is 1. The summed E-state index contributed by atoms with van der Waals surface area (Å²) in [5, 5.41) is 3.74. The van der Waals surface area contributed by atoms with E-state index in [4.69, 9.17) is 4.74 Å². The first-order valence-corrected chi connectivity index (χ1v) is 8.28. The number of hydrogen-bond donors (Lipinski definition) is 1. The Morgan fingerprint density at radius 2 is 1.68 bits per heavy atom. The predicted molar refractivity (Wildman–Crippen MR) is 82.7 cm³/mol. The van der Waals surface area contributed by atoms with E-state index >= 15 is 0 Å². The largest absolute Gasteiger partial charge is 0.379 e. The molecule has 114 valence electrons.